The van der Waals surface area contributed by atoms with E-state index in [1.807, 2.05) is 0 Å². The number of aliphatic hydroxyl groups excluding tert-OH is 1. The molecule has 2 aliphatic carbocycles. The number of fused-ring (bicyclic) bond motifs is 1. The van der Waals surface area contributed by atoms with Gasteiger partial charge in [0.05, 0.1) is 6.10 Å². The summed E-state index contributed by atoms with van der Waals surface area (Å²) in [5.41, 5.74) is 1.44. The van der Waals surface area contributed by atoms with Crippen LogP contribution in [0.4, 0.5) is 0 Å². The molecule has 0 bridgehead atoms. The normalized spacial score (nSPS) is 34.6. The van der Waals surface area contributed by atoms with Crippen molar-refractivity contribution in [3.05, 3.63) is 23.8 Å². The molecule has 0 radical (unpaired) electrons. The van der Waals surface area contributed by atoms with Crippen LogP contribution in [0.5, 0.6) is 0 Å². The lowest BCUT2D eigenvalue weighted by Crippen LogP contribution is -2.30. The maximum atomic E-state index is 9.36. The number of hydrogen-bond acceptors (Lipinski definition) is 5. The molecule has 1 saturated carbocycles. The minimum atomic E-state index is -0.0133. The summed E-state index contributed by atoms with van der Waals surface area (Å²) >= 11 is 0. The number of aliphatic hydroxyl groups is 1. The summed E-state index contributed by atoms with van der Waals surface area (Å²) in [7, 11) is 0. The van der Waals surface area contributed by atoms with Crippen LogP contribution in [0.15, 0.2) is 23.8 Å². The van der Waals surface area contributed by atoms with Crippen molar-refractivity contribution in [2.24, 2.45) is 17.8 Å². The van der Waals surface area contributed by atoms with Crippen molar-refractivity contribution < 1.29 is 24.1 Å². The minimum absolute atomic E-state index is 0.0133. The van der Waals surface area contributed by atoms with Crippen molar-refractivity contribution >= 4 is 0 Å². The highest BCUT2D eigenvalue weighted by atomic mass is 16.7. The quantitative estimate of drug-likeness (QED) is 0.272. The molecule has 5 nitrogen and oxygen atoms in total. The second-order valence-corrected chi connectivity index (χ2v) is 10.4. The maximum Gasteiger partial charge on any atom is 0.157 e. The van der Waals surface area contributed by atoms with Crippen LogP contribution < -0.4 is 0 Å². The summed E-state index contributed by atoms with van der Waals surface area (Å²) in [6.45, 7) is 2.79. The third kappa shape index (κ3) is 7.90. The van der Waals surface area contributed by atoms with Crippen LogP contribution in [0.3, 0.4) is 0 Å². The number of rotatable bonds is 13. The van der Waals surface area contributed by atoms with Crippen LogP contribution in [-0.4, -0.2) is 50.2 Å². The molecule has 0 amide bonds. The van der Waals surface area contributed by atoms with Crippen LogP contribution in [0.25, 0.3) is 0 Å². The lowest BCUT2D eigenvalue weighted by Gasteiger charge is -2.29. The highest BCUT2D eigenvalue weighted by molar-refractivity contribution is 5.21. The third-order valence-corrected chi connectivity index (χ3v) is 7.89. The summed E-state index contributed by atoms with van der Waals surface area (Å²) < 4.78 is 23.8. The molecule has 2 aliphatic heterocycles. The summed E-state index contributed by atoms with van der Waals surface area (Å²) in [5.74, 6) is 1.70. The van der Waals surface area contributed by atoms with Crippen molar-refractivity contribution in [3.8, 4) is 0 Å². The van der Waals surface area contributed by atoms with Gasteiger partial charge < -0.3 is 24.1 Å². The van der Waals surface area contributed by atoms with E-state index in [1.165, 1.54) is 44.1 Å². The number of ether oxygens (including phenoxy) is 4. The zero-order valence-electron chi connectivity index (χ0n) is 20.5. The number of allylic oxidation sites excluding steroid dienone is 2. The standard InChI is InChI=1S/C28H46O5/c29-15-14-22-19-23-21-26(33-28-13-7-10-18-32-28)24(25(23)20-22)11-5-3-1-2-4-8-16-30-27-12-6-9-17-31-27/h5,11,19,23-29H,1-4,6-10,12-18,20-21H2/t23-,24-,25-,26-,27?,28?/m1/s1. The summed E-state index contributed by atoms with van der Waals surface area (Å²) in [4.78, 5) is 0. The van der Waals surface area contributed by atoms with E-state index >= 15 is 0 Å². The van der Waals surface area contributed by atoms with Gasteiger partial charge in [-0.05, 0) is 88.9 Å². The zero-order valence-corrected chi connectivity index (χ0v) is 20.5. The molecule has 2 unspecified atom stereocenters. The van der Waals surface area contributed by atoms with E-state index < -0.39 is 0 Å². The van der Waals surface area contributed by atoms with E-state index in [9.17, 15) is 5.11 Å². The first-order chi connectivity index (χ1) is 16.3. The molecule has 0 spiro atoms. The van der Waals surface area contributed by atoms with E-state index in [1.54, 1.807) is 0 Å². The Hall–Kier alpha value is -0.720. The van der Waals surface area contributed by atoms with Crippen molar-refractivity contribution in [2.75, 3.05) is 26.4 Å². The molecule has 0 aromatic carbocycles. The van der Waals surface area contributed by atoms with E-state index in [2.05, 4.69) is 18.2 Å². The maximum absolute atomic E-state index is 9.36. The Bertz CT molecular complexity index is 605. The Kier molecular flexibility index (Phi) is 10.8. The second kappa shape index (κ2) is 14.0. The average Bonchev–Trinajstić information content (AvgIpc) is 3.37. The first-order valence-electron chi connectivity index (χ1n) is 13.8. The molecular weight excluding hydrogens is 416 g/mol. The van der Waals surface area contributed by atoms with Gasteiger partial charge in [-0.2, -0.15) is 0 Å². The van der Waals surface area contributed by atoms with Crippen molar-refractivity contribution in [1.29, 1.82) is 0 Å². The van der Waals surface area contributed by atoms with Gasteiger partial charge in [0, 0.05) is 32.3 Å². The van der Waals surface area contributed by atoms with Gasteiger partial charge in [0.2, 0.25) is 0 Å². The van der Waals surface area contributed by atoms with Gasteiger partial charge in [0.25, 0.3) is 0 Å². The highest BCUT2D eigenvalue weighted by Crippen LogP contribution is 2.49. The Balaban J connectivity index is 1.16. The van der Waals surface area contributed by atoms with Crippen molar-refractivity contribution in [1.82, 2.24) is 0 Å². The van der Waals surface area contributed by atoms with Gasteiger partial charge in [0.15, 0.2) is 12.6 Å². The molecule has 4 rings (SSSR count). The Labute approximate surface area is 200 Å². The second-order valence-electron chi connectivity index (χ2n) is 10.4. The summed E-state index contributed by atoms with van der Waals surface area (Å²) in [6.07, 6.45) is 23.5. The van der Waals surface area contributed by atoms with Crippen LogP contribution in [-0.2, 0) is 18.9 Å². The molecular formula is C28H46O5. The fourth-order valence-electron chi connectivity index (χ4n) is 6.10. The number of unbranched alkanes of at least 4 members (excludes halogenated alkanes) is 4. The fourth-order valence-corrected chi connectivity index (χ4v) is 6.10. The number of hydrogen-bond donors (Lipinski definition) is 1. The van der Waals surface area contributed by atoms with Gasteiger partial charge >= 0.3 is 0 Å². The third-order valence-electron chi connectivity index (χ3n) is 7.89. The molecule has 1 N–H and O–H groups in total. The van der Waals surface area contributed by atoms with Gasteiger partial charge in [-0.1, -0.05) is 36.6 Å². The molecule has 0 aromatic heterocycles. The predicted molar refractivity (Wildman–Crippen MR) is 130 cm³/mol. The van der Waals surface area contributed by atoms with E-state index in [4.69, 9.17) is 18.9 Å². The van der Waals surface area contributed by atoms with Crippen LogP contribution >= 0.6 is 0 Å². The summed E-state index contributed by atoms with van der Waals surface area (Å²) in [6, 6.07) is 0. The van der Waals surface area contributed by atoms with E-state index in [0.29, 0.717) is 17.8 Å². The van der Waals surface area contributed by atoms with Crippen LogP contribution in [0.1, 0.15) is 89.9 Å². The van der Waals surface area contributed by atoms with Crippen molar-refractivity contribution in [3.63, 3.8) is 0 Å². The topological polar surface area (TPSA) is 57.2 Å². The van der Waals surface area contributed by atoms with Crippen LogP contribution in [0, 0.1) is 17.8 Å². The summed E-state index contributed by atoms with van der Waals surface area (Å²) in [5, 5.41) is 9.36. The molecule has 5 heteroatoms. The lowest BCUT2D eigenvalue weighted by atomic mass is 9.88. The van der Waals surface area contributed by atoms with Crippen LogP contribution in [0.2, 0.25) is 0 Å². The zero-order chi connectivity index (χ0) is 22.7. The van der Waals surface area contributed by atoms with Gasteiger partial charge in [0.1, 0.15) is 0 Å². The molecule has 188 valence electrons. The largest absolute Gasteiger partial charge is 0.396 e. The molecule has 2 saturated heterocycles. The van der Waals surface area contributed by atoms with Gasteiger partial charge in [-0.25, -0.2) is 0 Å². The van der Waals surface area contributed by atoms with Gasteiger partial charge in [-0.15, -0.1) is 0 Å². The molecule has 4 aliphatic rings. The molecule has 2 heterocycles. The average molecular weight is 463 g/mol. The van der Waals surface area contributed by atoms with Gasteiger partial charge in [-0.3, -0.25) is 0 Å². The Morgan fingerprint density at radius 2 is 1.76 bits per heavy atom. The first-order valence-corrected chi connectivity index (χ1v) is 13.8. The molecule has 3 fully saturated rings. The molecule has 33 heavy (non-hydrogen) atoms. The lowest BCUT2D eigenvalue weighted by molar-refractivity contribution is -0.192. The first kappa shape index (κ1) is 25.4. The monoisotopic (exact) mass is 462 g/mol. The SMILES string of the molecule is OCCC1=C[C@@H]2C[C@@H](OC3CCCCO3)[C@H](C=CCCCCCCOC3CCCCO3)[C@@H]2C1. The minimum Gasteiger partial charge on any atom is -0.396 e. The van der Waals surface area contributed by atoms with E-state index in [0.717, 1.165) is 71.2 Å². The smallest absolute Gasteiger partial charge is 0.157 e. The molecule has 0 aromatic rings. The highest BCUT2D eigenvalue weighted by Gasteiger charge is 2.45. The Morgan fingerprint density at radius 3 is 2.52 bits per heavy atom. The Morgan fingerprint density at radius 1 is 0.970 bits per heavy atom. The fraction of sp³-hybridized carbons (Fsp3) is 0.857. The van der Waals surface area contributed by atoms with E-state index in [-0.39, 0.29) is 25.3 Å². The molecule has 6 atom stereocenters. The predicted octanol–water partition coefficient (Wildman–Crippen LogP) is 5.91. The van der Waals surface area contributed by atoms with Crippen molar-refractivity contribution in [2.45, 2.75) is 109 Å².